The maximum absolute atomic E-state index is 2.52. The average Bonchev–Trinajstić information content (AvgIpc) is 3.66. The lowest BCUT2D eigenvalue weighted by atomic mass is 9.68. The molecule has 11 aromatic rings. The second kappa shape index (κ2) is 14.6. The molecule has 0 unspecified atom stereocenters. The van der Waals surface area contributed by atoms with E-state index in [1.807, 2.05) is 0 Å². The van der Waals surface area contributed by atoms with Crippen LogP contribution in [0, 0.1) is 0 Å². The van der Waals surface area contributed by atoms with Crippen LogP contribution in [0.5, 0.6) is 0 Å². The zero-order valence-electron chi connectivity index (χ0n) is 34.1. The summed E-state index contributed by atoms with van der Waals surface area (Å²) < 4.78 is 0. The number of rotatable bonds is 7. The summed E-state index contributed by atoms with van der Waals surface area (Å²) in [6.07, 6.45) is 0. The highest BCUT2D eigenvalue weighted by atomic mass is 15.1. The van der Waals surface area contributed by atoms with Crippen molar-refractivity contribution in [3.63, 3.8) is 0 Å². The van der Waals surface area contributed by atoms with Crippen LogP contribution in [0.1, 0.15) is 22.3 Å². The van der Waals surface area contributed by atoms with Crippen LogP contribution < -0.4 is 4.90 Å². The minimum atomic E-state index is -0.523. The van der Waals surface area contributed by atoms with Gasteiger partial charge in [0.1, 0.15) is 0 Å². The molecule has 0 aromatic heterocycles. The number of hydrogen-bond donors (Lipinski definition) is 0. The molecule has 290 valence electrons. The lowest BCUT2D eigenvalue weighted by Crippen LogP contribution is -2.28. The number of para-hydroxylation sites is 1. The highest BCUT2D eigenvalue weighted by Gasteiger charge is 2.47. The molecule has 0 bridgehead atoms. The SMILES string of the molecule is c1ccc(C2(c3ccccc3)c3ccccc3-c3c(N(c4ccc5c(ccc6ccccc65)c4)c4ccccc4-c4cccc(-c5cccc6ccccc56)c4)cccc32)cc1. The molecule has 1 aliphatic carbocycles. The third kappa shape index (κ3) is 5.56. The van der Waals surface area contributed by atoms with E-state index < -0.39 is 5.41 Å². The Labute approximate surface area is 362 Å². The third-order valence-electron chi connectivity index (χ3n) is 13.1. The zero-order chi connectivity index (χ0) is 41.0. The molecule has 0 heterocycles. The minimum Gasteiger partial charge on any atom is -0.309 e. The van der Waals surface area contributed by atoms with Gasteiger partial charge in [0.2, 0.25) is 0 Å². The quantitative estimate of drug-likeness (QED) is 0.145. The van der Waals surface area contributed by atoms with Gasteiger partial charge in [0.05, 0.1) is 16.8 Å². The molecule has 0 N–H and O–H groups in total. The topological polar surface area (TPSA) is 3.24 Å². The van der Waals surface area contributed by atoms with E-state index in [4.69, 9.17) is 0 Å². The molecule has 0 aliphatic heterocycles. The van der Waals surface area contributed by atoms with E-state index in [1.54, 1.807) is 0 Å². The summed E-state index contributed by atoms with van der Waals surface area (Å²) in [5, 5.41) is 7.46. The average molecular weight is 788 g/mol. The molecular weight excluding hydrogens is 747 g/mol. The van der Waals surface area contributed by atoms with Crippen LogP contribution in [0.2, 0.25) is 0 Å². The third-order valence-corrected chi connectivity index (χ3v) is 13.1. The summed E-state index contributed by atoms with van der Waals surface area (Å²) in [7, 11) is 0. The van der Waals surface area contributed by atoms with Crippen LogP contribution in [0.25, 0.3) is 65.7 Å². The lowest BCUT2D eigenvalue weighted by Gasteiger charge is -2.34. The first-order valence-corrected chi connectivity index (χ1v) is 21.5. The van der Waals surface area contributed by atoms with E-state index in [0.717, 1.165) is 22.6 Å². The Balaban J connectivity index is 1.14. The second-order valence-electron chi connectivity index (χ2n) is 16.4. The van der Waals surface area contributed by atoms with Gasteiger partial charge in [-0.3, -0.25) is 0 Å². The fourth-order valence-corrected chi connectivity index (χ4v) is 10.5. The molecule has 1 aliphatic rings. The highest BCUT2D eigenvalue weighted by Crippen LogP contribution is 2.60. The van der Waals surface area contributed by atoms with E-state index in [1.165, 1.54) is 82.4 Å². The standard InChI is InChI=1S/C61H41N/c1-3-23-47(24-4-1)61(48-25-5-2-6-26-48)56-32-13-11-30-55(56)60-57(61)33-17-35-59(60)62(49-38-39-53-46(41-49)37-36-43-19-8-10-28-51(43)53)58-34-14-12-29-54(58)45-22-15-21-44(40-45)52-31-16-20-42-18-7-9-27-50(42)52/h1-41H. The van der Waals surface area contributed by atoms with Gasteiger partial charge in [0.15, 0.2) is 0 Å². The summed E-state index contributed by atoms with van der Waals surface area (Å²) >= 11 is 0. The van der Waals surface area contributed by atoms with Crippen molar-refractivity contribution in [2.45, 2.75) is 5.41 Å². The summed E-state index contributed by atoms with van der Waals surface area (Å²) in [5.74, 6) is 0. The molecule has 0 spiro atoms. The normalized spacial score (nSPS) is 12.6. The van der Waals surface area contributed by atoms with Gasteiger partial charge in [-0.1, -0.05) is 218 Å². The van der Waals surface area contributed by atoms with Crippen molar-refractivity contribution >= 4 is 49.4 Å². The predicted octanol–water partition coefficient (Wildman–Crippen LogP) is 16.3. The molecule has 62 heavy (non-hydrogen) atoms. The minimum absolute atomic E-state index is 0.523. The van der Waals surface area contributed by atoms with Crippen LogP contribution in [-0.2, 0) is 5.41 Å². The lowest BCUT2D eigenvalue weighted by molar-refractivity contribution is 0.768. The van der Waals surface area contributed by atoms with Crippen molar-refractivity contribution in [2.24, 2.45) is 0 Å². The Bertz CT molecular complexity index is 3430. The fourth-order valence-electron chi connectivity index (χ4n) is 10.5. The van der Waals surface area contributed by atoms with Gasteiger partial charge in [-0.25, -0.2) is 0 Å². The van der Waals surface area contributed by atoms with Crippen molar-refractivity contribution in [3.8, 4) is 33.4 Å². The number of fused-ring (bicyclic) bond motifs is 7. The van der Waals surface area contributed by atoms with Gasteiger partial charge in [-0.05, 0) is 107 Å². The fraction of sp³-hybridized carbons (Fsp3) is 0.0164. The Kier molecular flexibility index (Phi) is 8.47. The monoisotopic (exact) mass is 787 g/mol. The Morgan fingerprint density at radius 1 is 0.290 bits per heavy atom. The zero-order valence-corrected chi connectivity index (χ0v) is 34.1. The van der Waals surface area contributed by atoms with E-state index >= 15 is 0 Å². The molecule has 11 aromatic carbocycles. The highest BCUT2D eigenvalue weighted by molar-refractivity contribution is 6.09. The largest absolute Gasteiger partial charge is 0.309 e. The van der Waals surface area contributed by atoms with Crippen molar-refractivity contribution in [2.75, 3.05) is 4.90 Å². The maximum atomic E-state index is 2.52. The van der Waals surface area contributed by atoms with E-state index in [2.05, 4.69) is 254 Å². The van der Waals surface area contributed by atoms with Crippen LogP contribution in [0.15, 0.2) is 249 Å². The van der Waals surface area contributed by atoms with Gasteiger partial charge in [0, 0.05) is 16.8 Å². The van der Waals surface area contributed by atoms with Crippen LogP contribution in [0.3, 0.4) is 0 Å². The van der Waals surface area contributed by atoms with Crippen molar-refractivity contribution < 1.29 is 0 Å². The Morgan fingerprint density at radius 3 is 1.60 bits per heavy atom. The van der Waals surface area contributed by atoms with Crippen molar-refractivity contribution in [1.29, 1.82) is 0 Å². The molecule has 0 radical (unpaired) electrons. The predicted molar refractivity (Wildman–Crippen MR) is 262 cm³/mol. The van der Waals surface area contributed by atoms with E-state index in [0.29, 0.717) is 0 Å². The van der Waals surface area contributed by atoms with Crippen LogP contribution >= 0.6 is 0 Å². The van der Waals surface area contributed by atoms with Gasteiger partial charge in [0.25, 0.3) is 0 Å². The van der Waals surface area contributed by atoms with E-state index in [9.17, 15) is 0 Å². The molecule has 12 rings (SSSR count). The van der Waals surface area contributed by atoms with Gasteiger partial charge >= 0.3 is 0 Å². The first-order chi connectivity index (χ1) is 30.8. The summed E-state index contributed by atoms with van der Waals surface area (Å²) in [6, 6.07) is 91.8. The van der Waals surface area contributed by atoms with Gasteiger partial charge in [-0.2, -0.15) is 0 Å². The number of nitrogens with zero attached hydrogens (tertiary/aromatic N) is 1. The molecule has 0 atom stereocenters. The number of hydrogen-bond acceptors (Lipinski definition) is 1. The first kappa shape index (κ1) is 35.9. The van der Waals surface area contributed by atoms with Crippen molar-refractivity contribution in [3.05, 3.63) is 271 Å². The number of anilines is 3. The van der Waals surface area contributed by atoms with Crippen LogP contribution in [-0.4, -0.2) is 0 Å². The first-order valence-electron chi connectivity index (χ1n) is 21.5. The Morgan fingerprint density at radius 2 is 0.806 bits per heavy atom. The summed E-state index contributed by atoms with van der Waals surface area (Å²) in [5.41, 5.74) is 15.2. The number of benzene rings is 11. The van der Waals surface area contributed by atoms with Crippen molar-refractivity contribution in [1.82, 2.24) is 0 Å². The summed E-state index contributed by atoms with van der Waals surface area (Å²) in [6.45, 7) is 0. The smallest absolute Gasteiger partial charge is 0.0714 e. The molecule has 0 amide bonds. The van der Waals surface area contributed by atoms with Gasteiger partial charge < -0.3 is 4.90 Å². The summed E-state index contributed by atoms with van der Waals surface area (Å²) in [4.78, 5) is 2.52. The molecule has 1 nitrogen and oxygen atoms in total. The maximum Gasteiger partial charge on any atom is 0.0714 e. The molecule has 0 fully saturated rings. The Hall–Kier alpha value is -8.00. The molecule has 0 saturated heterocycles. The van der Waals surface area contributed by atoms with Crippen LogP contribution in [0.4, 0.5) is 17.1 Å². The van der Waals surface area contributed by atoms with Gasteiger partial charge in [-0.15, -0.1) is 0 Å². The van der Waals surface area contributed by atoms with E-state index in [-0.39, 0.29) is 0 Å². The molecule has 1 heteroatoms. The second-order valence-corrected chi connectivity index (χ2v) is 16.4. The molecular formula is C61H41N. The molecule has 0 saturated carbocycles.